The average Bonchev–Trinajstić information content (AvgIpc) is 2.73. The fraction of sp³-hybridized carbons (Fsp3) is 0.200. The molecular weight excluding hydrogens is 224 g/mol. The molecular formula is C10H10N4OS. The van der Waals surface area contributed by atoms with Crippen molar-refractivity contribution in [1.29, 1.82) is 0 Å². The first kappa shape index (κ1) is 10.8. The summed E-state index contributed by atoms with van der Waals surface area (Å²) in [4.78, 5) is 14.9. The summed E-state index contributed by atoms with van der Waals surface area (Å²) in [5.41, 5.74) is 1.68. The summed E-state index contributed by atoms with van der Waals surface area (Å²) in [6.45, 7) is 1.85. The van der Waals surface area contributed by atoms with Crippen LogP contribution in [0.2, 0.25) is 0 Å². The molecule has 0 radical (unpaired) electrons. The molecule has 0 bridgehead atoms. The van der Waals surface area contributed by atoms with Crippen LogP contribution in [0.3, 0.4) is 0 Å². The van der Waals surface area contributed by atoms with E-state index >= 15 is 0 Å². The molecule has 5 nitrogen and oxygen atoms in total. The van der Waals surface area contributed by atoms with Gasteiger partial charge in [-0.15, -0.1) is 5.10 Å². The summed E-state index contributed by atoms with van der Waals surface area (Å²) >= 11 is 1.35. The van der Waals surface area contributed by atoms with E-state index < -0.39 is 0 Å². The minimum Gasteiger partial charge on any atom is -0.303 e. The van der Waals surface area contributed by atoms with Crippen molar-refractivity contribution in [3.63, 3.8) is 0 Å². The molecule has 1 saturated heterocycles. The van der Waals surface area contributed by atoms with Crippen molar-refractivity contribution in [2.45, 2.75) is 6.92 Å². The Morgan fingerprint density at radius 3 is 3.12 bits per heavy atom. The molecule has 0 unspecified atom stereocenters. The van der Waals surface area contributed by atoms with Gasteiger partial charge in [0, 0.05) is 18.0 Å². The van der Waals surface area contributed by atoms with E-state index in [1.165, 1.54) is 11.8 Å². The van der Waals surface area contributed by atoms with Crippen LogP contribution in [0.4, 0.5) is 0 Å². The summed E-state index contributed by atoms with van der Waals surface area (Å²) in [5.74, 6) is 0.387. The second kappa shape index (κ2) is 4.89. The van der Waals surface area contributed by atoms with E-state index in [1.807, 2.05) is 19.1 Å². The summed E-state index contributed by atoms with van der Waals surface area (Å²) in [6, 6.07) is 3.75. The van der Waals surface area contributed by atoms with Crippen LogP contribution in [-0.4, -0.2) is 27.5 Å². The number of pyridine rings is 1. The number of hydrogen-bond acceptors (Lipinski definition) is 5. The average molecular weight is 234 g/mol. The molecule has 1 N–H and O–H groups in total. The number of amides is 1. The zero-order valence-electron chi connectivity index (χ0n) is 8.67. The molecule has 0 spiro atoms. The van der Waals surface area contributed by atoms with Gasteiger partial charge in [0.15, 0.2) is 5.17 Å². The van der Waals surface area contributed by atoms with Crippen molar-refractivity contribution in [3.8, 4) is 0 Å². The molecule has 1 aliphatic heterocycles. The number of carbonyl (C=O) groups excluding carboxylic acids is 1. The number of amidine groups is 1. The first-order chi connectivity index (χ1) is 7.75. The highest BCUT2D eigenvalue weighted by atomic mass is 32.2. The first-order valence-corrected chi connectivity index (χ1v) is 5.69. The van der Waals surface area contributed by atoms with Crippen LogP contribution in [0.15, 0.2) is 34.7 Å². The van der Waals surface area contributed by atoms with Gasteiger partial charge < -0.3 is 5.32 Å². The predicted molar refractivity (Wildman–Crippen MR) is 64.5 cm³/mol. The normalized spacial score (nSPS) is 18.9. The summed E-state index contributed by atoms with van der Waals surface area (Å²) in [6.07, 6.45) is 3.43. The van der Waals surface area contributed by atoms with Crippen LogP contribution in [0.1, 0.15) is 12.5 Å². The zero-order valence-corrected chi connectivity index (χ0v) is 9.49. The molecule has 2 heterocycles. The van der Waals surface area contributed by atoms with Crippen molar-refractivity contribution in [3.05, 3.63) is 30.1 Å². The predicted octanol–water partition coefficient (Wildman–Crippen LogP) is 1.02. The fourth-order valence-electron chi connectivity index (χ4n) is 1.13. The van der Waals surface area contributed by atoms with E-state index in [0.29, 0.717) is 10.9 Å². The maximum absolute atomic E-state index is 10.9. The Hall–Kier alpha value is -1.69. The third-order valence-electron chi connectivity index (χ3n) is 1.96. The molecule has 0 atom stereocenters. The largest absolute Gasteiger partial charge is 0.303 e. The molecule has 2 rings (SSSR count). The topological polar surface area (TPSA) is 66.7 Å². The SMILES string of the molecule is C/C(=N/N=C1\NC(=O)CS1)c1cccnc1. The van der Waals surface area contributed by atoms with Crippen molar-refractivity contribution >= 4 is 28.5 Å². The van der Waals surface area contributed by atoms with Gasteiger partial charge in [0.2, 0.25) is 5.91 Å². The van der Waals surface area contributed by atoms with Gasteiger partial charge in [0.25, 0.3) is 0 Å². The number of thioether (sulfide) groups is 1. The minimum absolute atomic E-state index is 0.0296. The van der Waals surface area contributed by atoms with Gasteiger partial charge in [-0.05, 0) is 13.0 Å². The lowest BCUT2D eigenvalue weighted by atomic mass is 10.2. The third kappa shape index (κ3) is 2.66. The number of aromatic nitrogens is 1. The molecule has 16 heavy (non-hydrogen) atoms. The van der Waals surface area contributed by atoms with Gasteiger partial charge in [-0.1, -0.05) is 17.8 Å². The van der Waals surface area contributed by atoms with Crippen LogP contribution in [0.25, 0.3) is 0 Å². The van der Waals surface area contributed by atoms with Gasteiger partial charge in [-0.2, -0.15) is 5.10 Å². The zero-order chi connectivity index (χ0) is 11.4. The highest BCUT2D eigenvalue weighted by molar-refractivity contribution is 8.15. The third-order valence-corrected chi connectivity index (χ3v) is 2.82. The second-order valence-electron chi connectivity index (χ2n) is 3.17. The fourth-order valence-corrected chi connectivity index (χ4v) is 1.76. The molecule has 1 aromatic heterocycles. The Labute approximate surface area is 97.1 Å². The smallest absolute Gasteiger partial charge is 0.236 e. The summed E-state index contributed by atoms with van der Waals surface area (Å²) < 4.78 is 0. The van der Waals surface area contributed by atoms with E-state index in [9.17, 15) is 4.79 Å². The van der Waals surface area contributed by atoms with Crippen LogP contribution in [0.5, 0.6) is 0 Å². The van der Waals surface area contributed by atoms with Crippen LogP contribution >= 0.6 is 11.8 Å². The maximum Gasteiger partial charge on any atom is 0.236 e. The van der Waals surface area contributed by atoms with Crippen molar-refractivity contribution in [2.75, 3.05) is 5.75 Å². The Kier molecular flexibility index (Phi) is 3.31. The number of hydrogen-bond donors (Lipinski definition) is 1. The molecule has 1 aliphatic rings. The molecule has 0 saturated carbocycles. The number of carbonyl (C=O) groups is 1. The number of nitrogens with zero attached hydrogens (tertiary/aromatic N) is 3. The maximum atomic E-state index is 10.9. The van der Waals surface area contributed by atoms with Crippen LogP contribution < -0.4 is 5.32 Å². The lowest BCUT2D eigenvalue weighted by Crippen LogP contribution is -2.19. The van der Waals surface area contributed by atoms with Crippen molar-refractivity contribution in [2.24, 2.45) is 10.2 Å². The lowest BCUT2D eigenvalue weighted by Gasteiger charge is -1.96. The Morgan fingerprint density at radius 2 is 2.50 bits per heavy atom. The van der Waals surface area contributed by atoms with Gasteiger partial charge in [0.1, 0.15) is 0 Å². The minimum atomic E-state index is -0.0296. The number of rotatable bonds is 2. The highest BCUT2D eigenvalue weighted by Gasteiger charge is 2.16. The van der Waals surface area contributed by atoms with E-state index in [-0.39, 0.29) is 5.91 Å². The van der Waals surface area contributed by atoms with Crippen LogP contribution in [0, 0.1) is 0 Å². The van der Waals surface area contributed by atoms with Gasteiger partial charge in [-0.3, -0.25) is 9.78 Å². The first-order valence-electron chi connectivity index (χ1n) is 4.71. The van der Waals surface area contributed by atoms with Crippen LogP contribution in [-0.2, 0) is 4.79 Å². The van der Waals surface area contributed by atoms with Gasteiger partial charge in [0.05, 0.1) is 11.5 Å². The highest BCUT2D eigenvalue weighted by Crippen LogP contribution is 2.09. The Balaban J connectivity index is 2.11. The Morgan fingerprint density at radius 1 is 1.62 bits per heavy atom. The standard InChI is InChI=1S/C10H10N4OS/c1-7(8-3-2-4-11-5-8)13-14-10-12-9(15)6-16-10/h2-5H,6H2,1H3,(H,12,14,15)/b13-7-. The second-order valence-corrected chi connectivity index (χ2v) is 4.13. The molecule has 1 amide bonds. The van der Waals surface area contributed by atoms with E-state index in [2.05, 4.69) is 20.5 Å². The summed E-state index contributed by atoms with van der Waals surface area (Å²) in [7, 11) is 0. The lowest BCUT2D eigenvalue weighted by molar-refractivity contribution is -0.116. The van der Waals surface area contributed by atoms with E-state index in [0.717, 1.165) is 11.3 Å². The summed E-state index contributed by atoms with van der Waals surface area (Å²) in [5, 5.41) is 11.2. The van der Waals surface area contributed by atoms with Gasteiger partial charge >= 0.3 is 0 Å². The quantitative estimate of drug-likeness (QED) is 0.613. The van der Waals surface area contributed by atoms with Gasteiger partial charge in [-0.25, -0.2) is 0 Å². The number of nitrogens with one attached hydrogen (secondary N) is 1. The Bertz CT molecular complexity index is 455. The van der Waals surface area contributed by atoms with E-state index in [1.54, 1.807) is 12.4 Å². The van der Waals surface area contributed by atoms with Crippen molar-refractivity contribution in [1.82, 2.24) is 10.3 Å². The molecule has 1 aromatic rings. The molecule has 0 aromatic carbocycles. The molecule has 1 fully saturated rings. The molecule has 82 valence electrons. The van der Waals surface area contributed by atoms with E-state index in [4.69, 9.17) is 0 Å². The van der Waals surface area contributed by atoms with Crippen molar-refractivity contribution < 1.29 is 4.79 Å². The molecule has 6 heteroatoms. The molecule has 0 aliphatic carbocycles. The monoisotopic (exact) mass is 234 g/mol.